The number of benzene rings is 2. The summed E-state index contributed by atoms with van der Waals surface area (Å²) in [4.78, 5) is 0. The van der Waals surface area contributed by atoms with Crippen molar-refractivity contribution in [1.82, 2.24) is 10.2 Å². The van der Waals surface area contributed by atoms with Crippen LogP contribution in [-0.2, 0) is 0 Å². The third-order valence-electron chi connectivity index (χ3n) is 2.49. The zero-order chi connectivity index (χ0) is 11.5. The van der Waals surface area contributed by atoms with Crippen LogP contribution in [0.4, 0.5) is 0 Å². The molecule has 0 bridgehead atoms. The lowest BCUT2D eigenvalue weighted by atomic mass is 10.1. The molecule has 0 N–H and O–H groups in total. The molecule has 3 aromatic rings. The first kappa shape index (κ1) is 9.78. The molecule has 3 rings (SSSR count). The van der Waals surface area contributed by atoms with Crippen molar-refractivity contribution < 1.29 is 4.74 Å². The molecule has 0 saturated carbocycles. The molecule has 0 amide bonds. The Kier molecular flexibility index (Phi) is 2.43. The van der Waals surface area contributed by atoms with E-state index >= 15 is 0 Å². The van der Waals surface area contributed by atoms with Gasteiger partial charge in [-0.3, -0.25) is 0 Å². The predicted octanol–water partition coefficient (Wildman–Crippen LogP) is 3.42. The van der Waals surface area contributed by atoms with E-state index in [0.717, 1.165) is 11.1 Å². The van der Waals surface area contributed by atoms with E-state index < -0.39 is 0 Å². The van der Waals surface area contributed by atoms with E-state index in [1.807, 2.05) is 30.3 Å². The van der Waals surface area contributed by atoms with Crippen molar-refractivity contribution in [3.05, 3.63) is 60.8 Å². The molecule has 3 heteroatoms. The van der Waals surface area contributed by atoms with Gasteiger partial charge in [-0.25, -0.2) is 0 Å². The van der Waals surface area contributed by atoms with Gasteiger partial charge in [-0.05, 0) is 29.0 Å². The van der Waals surface area contributed by atoms with Crippen LogP contribution in [-0.4, -0.2) is 10.2 Å². The monoisotopic (exact) mass is 222 g/mol. The van der Waals surface area contributed by atoms with Crippen molar-refractivity contribution >= 4 is 10.8 Å². The molecular formula is C14H10N2O. The van der Waals surface area contributed by atoms with Gasteiger partial charge < -0.3 is 4.74 Å². The predicted molar refractivity (Wildman–Crippen MR) is 66.1 cm³/mol. The van der Waals surface area contributed by atoms with Gasteiger partial charge in [0.15, 0.2) is 0 Å². The highest BCUT2D eigenvalue weighted by Crippen LogP contribution is 2.23. The third kappa shape index (κ3) is 2.08. The molecule has 0 spiro atoms. The summed E-state index contributed by atoms with van der Waals surface area (Å²) >= 11 is 0. The first-order valence-electron chi connectivity index (χ1n) is 5.36. The SMILES string of the molecule is c1cnnc(Oc2ccc3ccccc3c2)c1. The van der Waals surface area contributed by atoms with Crippen LogP contribution in [0.5, 0.6) is 11.6 Å². The van der Waals surface area contributed by atoms with Gasteiger partial charge in [0.25, 0.3) is 0 Å². The average Bonchev–Trinajstić information content (AvgIpc) is 2.40. The van der Waals surface area contributed by atoms with Gasteiger partial charge in [-0.1, -0.05) is 30.3 Å². The molecule has 0 aliphatic heterocycles. The molecule has 3 nitrogen and oxygen atoms in total. The Bertz CT molecular complexity index is 638. The highest BCUT2D eigenvalue weighted by atomic mass is 16.5. The Balaban J connectivity index is 1.96. The van der Waals surface area contributed by atoms with E-state index in [2.05, 4.69) is 22.3 Å². The number of hydrogen-bond donors (Lipinski definition) is 0. The first-order valence-corrected chi connectivity index (χ1v) is 5.36. The van der Waals surface area contributed by atoms with E-state index in [4.69, 9.17) is 4.74 Å². The lowest BCUT2D eigenvalue weighted by Crippen LogP contribution is -1.88. The fourth-order valence-corrected chi connectivity index (χ4v) is 1.69. The second kappa shape index (κ2) is 4.22. The molecule has 1 aromatic heterocycles. The Morgan fingerprint density at radius 2 is 1.71 bits per heavy atom. The van der Waals surface area contributed by atoms with Crippen molar-refractivity contribution in [2.75, 3.05) is 0 Å². The molecule has 2 aromatic carbocycles. The van der Waals surface area contributed by atoms with E-state index in [-0.39, 0.29) is 0 Å². The summed E-state index contributed by atoms with van der Waals surface area (Å²) in [5.74, 6) is 1.27. The second-order valence-electron chi connectivity index (χ2n) is 3.67. The number of hydrogen-bond acceptors (Lipinski definition) is 3. The van der Waals surface area contributed by atoms with Crippen LogP contribution in [0.1, 0.15) is 0 Å². The van der Waals surface area contributed by atoms with E-state index in [9.17, 15) is 0 Å². The smallest absolute Gasteiger partial charge is 0.238 e. The zero-order valence-corrected chi connectivity index (χ0v) is 9.08. The van der Waals surface area contributed by atoms with Crippen molar-refractivity contribution in [2.24, 2.45) is 0 Å². The number of fused-ring (bicyclic) bond motifs is 1. The minimum Gasteiger partial charge on any atom is -0.438 e. The number of nitrogens with zero attached hydrogens (tertiary/aromatic N) is 2. The topological polar surface area (TPSA) is 35.0 Å². The lowest BCUT2D eigenvalue weighted by Gasteiger charge is -2.04. The molecule has 0 saturated heterocycles. The molecular weight excluding hydrogens is 212 g/mol. The Morgan fingerprint density at radius 3 is 2.53 bits per heavy atom. The maximum absolute atomic E-state index is 5.61. The minimum atomic E-state index is 0.503. The number of aromatic nitrogens is 2. The van der Waals surface area contributed by atoms with Crippen molar-refractivity contribution in [1.29, 1.82) is 0 Å². The van der Waals surface area contributed by atoms with E-state index in [1.165, 1.54) is 5.39 Å². The molecule has 0 radical (unpaired) electrons. The van der Waals surface area contributed by atoms with Crippen molar-refractivity contribution in [3.63, 3.8) is 0 Å². The summed E-state index contributed by atoms with van der Waals surface area (Å²) in [7, 11) is 0. The summed E-state index contributed by atoms with van der Waals surface area (Å²) in [5.41, 5.74) is 0. The highest BCUT2D eigenvalue weighted by molar-refractivity contribution is 5.83. The van der Waals surface area contributed by atoms with Crippen LogP contribution >= 0.6 is 0 Å². The summed E-state index contributed by atoms with van der Waals surface area (Å²) in [5, 5.41) is 9.99. The van der Waals surface area contributed by atoms with E-state index in [0.29, 0.717) is 5.88 Å². The van der Waals surface area contributed by atoms with Gasteiger partial charge in [-0.2, -0.15) is 5.10 Å². The fraction of sp³-hybridized carbons (Fsp3) is 0. The standard InChI is InChI=1S/C14H10N2O/c1-2-5-12-10-13(8-7-11(12)4-1)17-14-6-3-9-15-16-14/h1-10H. The number of rotatable bonds is 2. The lowest BCUT2D eigenvalue weighted by molar-refractivity contribution is 0.456. The van der Waals surface area contributed by atoms with Gasteiger partial charge in [0.05, 0.1) is 0 Å². The second-order valence-corrected chi connectivity index (χ2v) is 3.67. The number of ether oxygens (including phenoxy) is 1. The molecule has 0 aliphatic carbocycles. The van der Waals surface area contributed by atoms with Gasteiger partial charge in [0, 0.05) is 12.3 Å². The quantitative estimate of drug-likeness (QED) is 0.666. The summed E-state index contributed by atoms with van der Waals surface area (Å²) in [6, 6.07) is 17.7. The summed E-state index contributed by atoms with van der Waals surface area (Å²) in [6.45, 7) is 0. The van der Waals surface area contributed by atoms with Crippen molar-refractivity contribution in [2.45, 2.75) is 0 Å². The van der Waals surface area contributed by atoms with Crippen LogP contribution in [0.2, 0.25) is 0 Å². The van der Waals surface area contributed by atoms with Gasteiger partial charge >= 0.3 is 0 Å². The normalized spacial score (nSPS) is 10.4. The minimum absolute atomic E-state index is 0.503. The molecule has 82 valence electrons. The molecule has 0 unspecified atom stereocenters. The molecule has 0 aliphatic rings. The Labute approximate surface area is 98.7 Å². The van der Waals surface area contributed by atoms with Gasteiger partial charge in [0.1, 0.15) is 5.75 Å². The maximum Gasteiger partial charge on any atom is 0.238 e. The zero-order valence-electron chi connectivity index (χ0n) is 9.08. The Morgan fingerprint density at radius 1 is 0.824 bits per heavy atom. The highest BCUT2D eigenvalue weighted by Gasteiger charge is 1.99. The molecule has 1 heterocycles. The largest absolute Gasteiger partial charge is 0.438 e. The maximum atomic E-state index is 5.61. The summed E-state index contributed by atoms with van der Waals surface area (Å²) in [6.07, 6.45) is 1.62. The fourth-order valence-electron chi connectivity index (χ4n) is 1.69. The average molecular weight is 222 g/mol. The van der Waals surface area contributed by atoms with Crippen LogP contribution < -0.4 is 4.74 Å². The van der Waals surface area contributed by atoms with Crippen LogP contribution in [0.25, 0.3) is 10.8 Å². The van der Waals surface area contributed by atoms with Gasteiger partial charge in [-0.15, -0.1) is 5.10 Å². The summed E-state index contributed by atoms with van der Waals surface area (Å²) < 4.78 is 5.61. The molecule has 0 atom stereocenters. The third-order valence-corrected chi connectivity index (χ3v) is 2.49. The van der Waals surface area contributed by atoms with E-state index in [1.54, 1.807) is 18.3 Å². The van der Waals surface area contributed by atoms with Crippen LogP contribution in [0, 0.1) is 0 Å². The van der Waals surface area contributed by atoms with Gasteiger partial charge in [0.2, 0.25) is 5.88 Å². The first-order chi connectivity index (χ1) is 8.42. The van der Waals surface area contributed by atoms with Crippen LogP contribution in [0.3, 0.4) is 0 Å². The van der Waals surface area contributed by atoms with Crippen molar-refractivity contribution in [3.8, 4) is 11.6 Å². The Hall–Kier alpha value is -2.42. The van der Waals surface area contributed by atoms with Crippen LogP contribution in [0.15, 0.2) is 60.8 Å². The molecule has 17 heavy (non-hydrogen) atoms. The molecule has 0 fully saturated rings.